The molecule has 0 bridgehead atoms. The van der Waals surface area contributed by atoms with Gasteiger partial charge >= 0.3 is 0 Å². The zero-order valence-corrected chi connectivity index (χ0v) is 10.4. The SMILES string of the molecule is CCN(C(=O)C1(C)CCCC1N)C(C)C. The molecule has 0 radical (unpaired) electrons. The minimum atomic E-state index is -0.319. The summed E-state index contributed by atoms with van der Waals surface area (Å²) >= 11 is 0. The molecule has 3 nitrogen and oxygen atoms in total. The Bertz CT molecular complexity index is 240. The summed E-state index contributed by atoms with van der Waals surface area (Å²) in [5.74, 6) is 0.241. The van der Waals surface area contributed by atoms with E-state index in [4.69, 9.17) is 5.73 Å². The van der Waals surface area contributed by atoms with E-state index in [0.717, 1.165) is 25.8 Å². The third kappa shape index (κ3) is 2.17. The summed E-state index contributed by atoms with van der Waals surface area (Å²) in [6.45, 7) is 8.95. The summed E-state index contributed by atoms with van der Waals surface area (Å²) in [4.78, 5) is 14.3. The largest absolute Gasteiger partial charge is 0.340 e. The average Bonchev–Trinajstić information content (AvgIpc) is 2.49. The summed E-state index contributed by atoms with van der Waals surface area (Å²) < 4.78 is 0. The first-order chi connectivity index (χ1) is 6.93. The lowest BCUT2D eigenvalue weighted by Crippen LogP contribution is -2.51. The normalized spacial score (nSPS) is 30.9. The first-order valence-electron chi connectivity index (χ1n) is 6.00. The molecule has 2 atom stereocenters. The molecule has 1 aliphatic carbocycles. The molecular weight excluding hydrogens is 188 g/mol. The molecule has 1 aliphatic rings. The molecule has 1 saturated carbocycles. The van der Waals surface area contributed by atoms with Gasteiger partial charge in [-0.3, -0.25) is 4.79 Å². The van der Waals surface area contributed by atoms with Crippen molar-refractivity contribution in [2.45, 2.75) is 59.0 Å². The lowest BCUT2D eigenvalue weighted by molar-refractivity contribution is -0.143. The van der Waals surface area contributed by atoms with E-state index >= 15 is 0 Å². The van der Waals surface area contributed by atoms with E-state index < -0.39 is 0 Å². The molecule has 1 rings (SSSR count). The molecule has 0 heterocycles. The van der Waals surface area contributed by atoms with Gasteiger partial charge in [0.05, 0.1) is 5.41 Å². The van der Waals surface area contributed by atoms with Gasteiger partial charge in [-0.25, -0.2) is 0 Å². The highest BCUT2D eigenvalue weighted by atomic mass is 16.2. The highest BCUT2D eigenvalue weighted by molar-refractivity contribution is 5.83. The van der Waals surface area contributed by atoms with Crippen molar-refractivity contribution in [3.63, 3.8) is 0 Å². The predicted octanol–water partition coefficient (Wildman–Crippen LogP) is 1.76. The van der Waals surface area contributed by atoms with Crippen molar-refractivity contribution in [3.8, 4) is 0 Å². The van der Waals surface area contributed by atoms with Gasteiger partial charge in [-0.05, 0) is 40.5 Å². The van der Waals surface area contributed by atoms with Crippen molar-refractivity contribution in [3.05, 3.63) is 0 Å². The van der Waals surface area contributed by atoms with Crippen molar-refractivity contribution in [2.24, 2.45) is 11.1 Å². The first kappa shape index (κ1) is 12.5. The van der Waals surface area contributed by atoms with E-state index in [0.29, 0.717) is 0 Å². The molecule has 0 aromatic rings. The summed E-state index contributed by atoms with van der Waals surface area (Å²) in [6.07, 6.45) is 3.01. The number of carbonyl (C=O) groups excluding carboxylic acids is 1. The summed E-state index contributed by atoms with van der Waals surface area (Å²) in [7, 11) is 0. The number of carbonyl (C=O) groups is 1. The molecular formula is C12H24N2O. The van der Waals surface area contributed by atoms with Crippen molar-refractivity contribution in [1.29, 1.82) is 0 Å². The Hall–Kier alpha value is -0.570. The van der Waals surface area contributed by atoms with E-state index in [1.54, 1.807) is 0 Å². The second-order valence-electron chi connectivity index (χ2n) is 5.10. The molecule has 0 spiro atoms. The van der Waals surface area contributed by atoms with Gasteiger partial charge in [0, 0.05) is 18.6 Å². The molecule has 0 saturated heterocycles. The number of rotatable bonds is 3. The van der Waals surface area contributed by atoms with Gasteiger partial charge in [-0.15, -0.1) is 0 Å². The monoisotopic (exact) mass is 212 g/mol. The van der Waals surface area contributed by atoms with Gasteiger partial charge in [0.1, 0.15) is 0 Å². The third-order valence-electron chi connectivity index (χ3n) is 3.74. The molecule has 2 unspecified atom stereocenters. The van der Waals surface area contributed by atoms with Crippen molar-refractivity contribution in [1.82, 2.24) is 4.90 Å². The molecule has 2 N–H and O–H groups in total. The van der Waals surface area contributed by atoms with Crippen LogP contribution in [0, 0.1) is 5.41 Å². The molecule has 0 aromatic heterocycles. The lowest BCUT2D eigenvalue weighted by Gasteiger charge is -2.36. The van der Waals surface area contributed by atoms with E-state index in [-0.39, 0.29) is 23.4 Å². The molecule has 3 heteroatoms. The fraction of sp³-hybridized carbons (Fsp3) is 0.917. The van der Waals surface area contributed by atoms with Gasteiger partial charge < -0.3 is 10.6 Å². The van der Waals surface area contributed by atoms with E-state index in [9.17, 15) is 4.79 Å². The lowest BCUT2D eigenvalue weighted by atomic mass is 9.83. The summed E-state index contributed by atoms with van der Waals surface area (Å²) in [5.41, 5.74) is 5.74. The van der Waals surface area contributed by atoms with Crippen LogP contribution in [0.15, 0.2) is 0 Å². The number of hydrogen-bond acceptors (Lipinski definition) is 2. The number of nitrogens with zero attached hydrogens (tertiary/aromatic N) is 1. The quantitative estimate of drug-likeness (QED) is 0.775. The van der Waals surface area contributed by atoms with Crippen LogP contribution in [0.4, 0.5) is 0 Å². The first-order valence-corrected chi connectivity index (χ1v) is 6.00. The van der Waals surface area contributed by atoms with Crippen LogP contribution in [0.3, 0.4) is 0 Å². The topological polar surface area (TPSA) is 46.3 Å². The predicted molar refractivity (Wildman–Crippen MR) is 62.5 cm³/mol. The zero-order valence-electron chi connectivity index (χ0n) is 10.4. The van der Waals surface area contributed by atoms with Gasteiger partial charge in [-0.2, -0.15) is 0 Å². The van der Waals surface area contributed by atoms with Crippen LogP contribution < -0.4 is 5.73 Å². The van der Waals surface area contributed by atoms with Crippen molar-refractivity contribution in [2.75, 3.05) is 6.54 Å². The van der Waals surface area contributed by atoms with Gasteiger partial charge in [0.25, 0.3) is 0 Å². The van der Waals surface area contributed by atoms with Crippen LogP contribution in [-0.2, 0) is 4.79 Å². The maximum atomic E-state index is 12.4. The van der Waals surface area contributed by atoms with Gasteiger partial charge in [0.2, 0.25) is 5.91 Å². The second kappa shape index (κ2) is 4.52. The van der Waals surface area contributed by atoms with E-state index in [1.165, 1.54) is 0 Å². The maximum Gasteiger partial charge on any atom is 0.230 e. The molecule has 1 fully saturated rings. The standard InChI is InChI=1S/C12H24N2O/c1-5-14(9(2)3)11(15)12(4)8-6-7-10(12)13/h9-10H,5-8,13H2,1-4H3. The molecule has 15 heavy (non-hydrogen) atoms. The molecule has 0 aliphatic heterocycles. The van der Waals surface area contributed by atoms with Crippen LogP contribution in [-0.4, -0.2) is 29.4 Å². The van der Waals surface area contributed by atoms with Crippen molar-refractivity contribution < 1.29 is 4.79 Å². The molecule has 1 amide bonds. The maximum absolute atomic E-state index is 12.4. The van der Waals surface area contributed by atoms with Crippen LogP contribution >= 0.6 is 0 Å². The van der Waals surface area contributed by atoms with Gasteiger partial charge in [0.15, 0.2) is 0 Å². The Kier molecular flexibility index (Phi) is 3.77. The van der Waals surface area contributed by atoms with Crippen LogP contribution in [0.25, 0.3) is 0 Å². The third-order valence-corrected chi connectivity index (χ3v) is 3.74. The summed E-state index contributed by atoms with van der Waals surface area (Å²) in [5, 5.41) is 0. The van der Waals surface area contributed by atoms with Crippen molar-refractivity contribution >= 4 is 5.91 Å². The zero-order chi connectivity index (χ0) is 11.6. The average molecular weight is 212 g/mol. The Labute approximate surface area is 93.0 Å². The molecule has 0 aromatic carbocycles. The van der Waals surface area contributed by atoms with Crippen LogP contribution in [0.5, 0.6) is 0 Å². The molecule has 88 valence electrons. The fourth-order valence-corrected chi connectivity index (χ4v) is 2.53. The highest BCUT2D eigenvalue weighted by Gasteiger charge is 2.45. The Morgan fingerprint density at radius 1 is 1.60 bits per heavy atom. The highest BCUT2D eigenvalue weighted by Crippen LogP contribution is 2.38. The second-order valence-corrected chi connectivity index (χ2v) is 5.10. The van der Waals surface area contributed by atoms with E-state index in [2.05, 4.69) is 13.8 Å². The van der Waals surface area contributed by atoms with Crippen LogP contribution in [0.2, 0.25) is 0 Å². The Morgan fingerprint density at radius 2 is 2.20 bits per heavy atom. The van der Waals surface area contributed by atoms with E-state index in [1.807, 2.05) is 18.7 Å². The smallest absolute Gasteiger partial charge is 0.230 e. The Balaban J connectivity index is 2.82. The Morgan fingerprint density at radius 3 is 2.53 bits per heavy atom. The number of hydrogen-bond donors (Lipinski definition) is 1. The minimum absolute atomic E-state index is 0.0396. The summed E-state index contributed by atoms with van der Waals surface area (Å²) in [6, 6.07) is 0.310. The number of nitrogens with two attached hydrogens (primary N) is 1. The van der Waals surface area contributed by atoms with Crippen LogP contribution in [0.1, 0.15) is 47.0 Å². The number of amides is 1. The fourth-order valence-electron chi connectivity index (χ4n) is 2.53. The minimum Gasteiger partial charge on any atom is -0.340 e. The van der Waals surface area contributed by atoms with Gasteiger partial charge in [-0.1, -0.05) is 6.42 Å².